The molecule has 2 aromatic carbocycles. The van der Waals surface area contributed by atoms with E-state index in [-0.39, 0.29) is 17.1 Å². The van der Waals surface area contributed by atoms with Crippen LogP contribution in [0.3, 0.4) is 0 Å². The normalized spacial score (nSPS) is 10.4. The molecule has 0 fully saturated rings. The molecule has 0 atom stereocenters. The quantitative estimate of drug-likeness (QED) is 0.391. The molecule has 1 heterocycles. The monoisotopic (exact) mass is 369 g/mol. The van der Waals surface area contributed by atoms with Crippen LogP contribution in [-0.2, 0) is 9.53 Å². The van der Waals surface area contributed by atoms with E-state index in [1.54, 1.807) is 12.1 Å². The molecule has 0 unspecified atom stereocenters. The van der Waals surface area contributed by atoms with Gasteiger partial charge in [0.1, 0.15) is 5.75 Å². The van der Waals surface area contributed by atoms with Crippen molar-refractivity contribution >= 4 is 34.2 Å². The Bertz CT molecular complexity index is 1030. The van der Waals surface area contributed by atoms with Gasteiger partial charge in [-0.2, -0.15) is 0 Å². The van der Waals surface area contributed by atoms with Crippen LogP contribution in [0.1, 0.15) is 10.4 Å². The summed E-state index contributed by atoms with van der Waals surface area (Å²) in [5, 5.41) is 14.0. The number of esters is 1. The van der Waals surface area contributed by atoms with Gasteiger partial charge in [-0.05, 0) is 12.1 Å². The van der Waals surface area contributed by atoms with E-state index in [1.165, 1.54) is 31.5 Å². The number of para-hydroxylation sites is 1. The predicted molar refractivity (Wildman–Crippen MR) is 96.9 cm³/mol. The molecule has 0 bridgehead atoms. The number of non-ortho nitro benzene ring substituents is 1. The predicted octanol–water partition coefficient (Wildman–Crippen LogP) is 2.88. The van der Waals surface area contributed by atoms with Gasteiger partial charge in [0.2, 0.25) is 0 Å². The maximum Gasteiger partial charge on any atom is 0.340 e. The molecule has 9 heteroatoms. The number of anilines is 1. The van der Waals surface area contributed by atoms with Gasteiger partial charge in [0, 0.05) is 23.2 Å². The van der Waals surface area contributed by atoms with Crippen LogP contribution < -0.4 is 10.1 Å². The van der Waals surface area contributed by atoms with Crippen molar-refractivity contribution in [1.29, 1.82) is 0 Å². The molecule has 0 saturated heterocycles. The largest absolute Gasteiger partial charge is 0.494 e. The minimum absolute atomic E-state index is 0.125. The van der Waals surface area contributed by atoms with Crippen molar-refractivity contribution in [3.05, 3.63) is 64.3 Å². The number of amides is 1. The average molecular weight is 369 g/mol. The van der Waals surface area contributed by atoms with E-state index in [4.69, 9.17) is 9.47 Å². The second-order valence-electron chi connectivity index (χ2n) is 5.51. The molecule has 0 radical (unpaired) electrons. The van der Waals surface area contributed by atoms with Crippen LogP contribution in [0.2, 0.25) is 0 Å². The molecule has 0 aliphatic rings. The van der Waals surface area contributed by atoms with Crippen molar-refractivity contribution in [1.82, 2.24) is 4.98 Å². The lowest BCUT2D eigenvalue weighted by atomic mass is 10.2. The molecule has 27 heavy (non-hydrogen) atoms. The van der Waals surface area contributed by atoms with E-state index >= 15 is 0 Å². The number of nitro groups is 1. The van der Waals surface area contributed by atoms with Crippen LogP contribution >= 0.6 is 0 Å². The molecule has 9 nitrogen and oxygen atoms in total. The van der Waals surface area contributed by atoms with E-state index in [1.807, 2.05) is 12.1 Å². The van der Waals surface area contributed by atoms with Gasteiger partial charge in [-0.25, -0.2) is 4.79 Å². The van der Waals surface area contributed by atoms with E-state index in [2.05, 4.69) is 10.3 Å². The lowest BCUT2D eigenvalue weighted by molar-refractivity contribution is -0.384. The Morgan fingerprint density at radius 1 is 1.22 bits per heavy atom. The Morgan fingerprint density at radius 2 is 2.00 bits per heavy atom. The summed E-state index contributed by atoms with van der Waals surface area (Å²) in [4.78, 5) is 37.4. The van der Waals surface area contributed by atoms with E-state index in [9.17, 15) is 19.7 Å². The van der Waals surface area contributed by atoms with Gasteiger partial charge in [-0.15, -0.1) is 0 Å². The molecule has 0 aliphatic carbocycles. The molecule has 2 N–H and O–H groups in total. The number of nitrogens with zero attached hydrogens (tertiary/aromatic N) is 1. The fraction of sp³-hybridized carbons (Fsp3) is 0.111. The van der Waals surface area contributed by atoms with Gasteiger partial charge in [0.05, 0.1) is 29.4 Å². The molecule has 1 amide bonds. The number of rotatable bonds is 6. The lowest BCUT2D eigenvalue weighted by Gasteiger charge is -2.10. The zero-order valence-corrected chi connectivity index (χ0v) is 14.2. The first-order valence-corrected chi connectivity index (χ1v) is 7.85. The van der Waals surface area contributed by atoms with Crippen molar-refractivity contribution < 1.29 is 24.0 Å². The molecular formula is C18H15N3O6. The first kappa shape index (κ1) is 17.9. The highest BCUT2D eigenvalue weighted by molar-refractivity contribution is 6.05. The highest BCUT2D eigenvalue weighted by Gasteiger charge is 2.17. The number of carbonyl (C=O) groups is 2. The topological polar surface area (TPSA) is 124 Å². The lowest BCUT2D eigenvalue weighted by Crippen LogP contribution is -2.21. The molecule has 0 saturated carbocycles. The number of fused-ring (bicyclic) bond motifs is 1. The average Bonchev–Trinajstić information content (AvgIpc) is 3.10. The van der Waals surface area contributed by atoms with Crippen LogP contribution in [0.5, 0.6) is 5.75 Å². The Labute approximate surface area is 153 Å². The molecular weight excluding hydrogens is 354 g/mol. The Morgan fingerprint density at radius 3 is 2.74 bits per heavy atom. The number of aromatic amines is 1. The summed E-state index contributed by atoms with van der Waals surface area (Å²) in [7, 11) is 1.33. The second kappa shape index (κ2) is 7.56. The number of ether oxygens (including phenoxy) is 2. The molecule has 0 aliphatic heterocycles. The van der Waals surface area contributed by atoms with Crippen molar-refractivity contribution in [3.8, 4) is 5.75 Å². The van der Waals surface area contributed by atoms with Gasteiger partial charge >= 0.3 is 5.97 Å². The minimum atomic E-state index is -0.640. The van der Waals surface area contributed by atoms with Crippen LogP contribution in [0, 0.1) is 10.1 Å². The summed E-state index contributed by atoms with van der Waals surface area (Å²) in [5.74, 6) is -1.12. The third-order valence-electron chi connectivity index (χ3n) is 3.81. The maximum atomic E-state index is 12.2. The number of nitro benzene ring substituents is 1. The third kappa shape index (κ3) is 3.87. The second-order valence-corrected chi connectivity index (χ2v) is 5.51. The number of aromatic nitrogens is 1. The number of hydrogen-bond donors (Lipinski definition) is 2. The van der Waals surface area contributed by atoms with Gasteiger partial charge in [-0.3, -0.25) is 14.9 Å². The highest BCUT2D eigenvalue weighted by atomic mass is 16.6. The zero-order valence-electron chi connectivity index (χ0n) is 14.2. The van der Waals surface area contributed by atoms with Crippen molar-refractivity contribution in [2.24, 2.45) is 0 Å². The number of benzene rings is 2. The smallest absolute Gasteiger partial charge is 0.340 e. The summed E-state index contributed by atoms with van der Waals surface area (Å²) in [6, 6.07) is 11.0. The third-order valence-corrected chi connectivity index (χ3v) is 3.81. The first-order chi connectivity index (χ1) is 13.0. The van der Waals surface area contributed by atoms with E-state index in [0.29, 0.717) is 10.9 Å². The van der Waals surface area contributed by atoms with Crippen LogP contribution in [0.4, 0.5) is 11.4 Å². The summed E-state index contributed by atoms with van der Waals surface area (Å²) in [6.07, 6.45) is 1.52. The molecule has 3 rings (SSSR count). The fourth-order valence-electron chi connectivity index (χ4n) is 2.53. The number of carbonyl (C=O) groups excluding carboxylic acids is 2. The first-order valence-electron chi connectivity index (χ1n) is 7.85. The van der Waals surface area contributed by atoms with Crippen LogP contribution in [0.25, 0.3) is 10.9 Å². The molecule has 138 valence electrons. The number of nitrogens with one attached hydrogen (secondary N) is 2. The number of methoxy groups -OCH3 is 1. The summed E-state index contributed by atoms with van der Waals surface area (Å²) >= 11 is 0. The van der Waals surface area contributed by atoms with E-state index in [0.717, 1.165) is 5.52 Å². The summed E-state index contributed by atoms with van der Waals surface area (Å²) in [5.41, 5.74) is 1.17. The zero-order chi connectivity index (χ0) is 19.4. The number of hydrogen-bond acceptors (Lipinski definition) is 6. The molecule has 3 aromatic rings. The molecule has 0 spiro atoms. The fourth-order valence-corrected chi connectivity index (χ4v) is 2.53. The van der Waals surface area contributed by atoms with Gasteiger partial charge in [0.25, 0.3) is 11.6 Å². The van der Waals surface area contributed by atoms with Gasteiger partial charge < -0.3 is 19.8 Å². The molecule has 1 aromatic heterocycles. The van der Waals surface area contributed by atoms with Crippen molar-refractivity contribution in [2.45, 2.75) is 0 Å². The SMILES string of the molecule is COc1cc([N+](=O)[O-])ccc1NC(=O)COC(=O)c1c[nH]c2ccccc12. The highest BCUT2D eigenvalue weighted by Crippen LogP contribution is 2.29. The summed E-state index contributed by atoms with van der Waals surface area (Å²) in [6.45, 7) is -0.515. The number of H-pyrrole nitrogens is 1. The Hall–Kier alpha value is -3.88. The van der Waals surface area contributed by atoms with Crippen LogP contribution in [0.15, 0.2) is 48.7 Å². The van der Waals surface area contributed by atoms with Crippen LogP contribution in [-0.4, -0.2) is 35.5 Å². The maximum absolute atomic E-state index is 12.2. The van der Waals surface area contributed by atoms with Gasteiger partial charge in [-0.1, -0.05) is 18.2 Å². The minimum Gasteiger partial charge on any atom is -0.494 e. The Balaban J connectivity index is 1.64. The van der Waals surface area contributed by atoms with Gasteiger partial charge in [0.15, 0.2) is 6.61 Å². The summed E-state index contributed by atoms with van der Waals surface area (Å²) < 4.78 is 10.1. The standard InChI is InChI=1S/C18H15N3O6/c1-26-16-8-11(21(24)25)6-7-15(16)20-17(22)10-27-18(23)13-9-19-14-5-3-2-4-12(13)14/h2-9,19H,10H2,1H3,(H,20,22). The van der Waals surface area contributed by atoms with E-state index < -0.39 is 23.4 Å². The Kier molecular flexibility index (Phi) is 5.02. The van der Waals surface area contributed by atoms with Crippen molar-refractivity contribution in [3.63, 3.8) is 0 Å². The van der Waals surface area contributed by atoms with Crippen molar-refractivity contribution in [2.75, 3.05) is 19.0 Å².